The molecule has 1 aliphatic heterocycles. The lowest BCUT2D eigenvalue weighted by Crippen LogP contribution is -2.18. The summed E-state index contributed by atoms with van der Waals surface area (Å²) < 4.78 is 1.72. The van der Waals surface area contributed by atoms with E-state index >= 15 is 0 Å². The summed E-state index contributed by atoms with van der Waals surface area (Å²) in [6, 6.07) is 12.1. The smallest absolute Gasteiger partial charge is 0.234 e. The summed E-state index contributed by atoms with van der Waals surface area (Å²) in [6.07, 6.45) is 2.50. The van der Waals surface area contributed by atoms with Crippen LogP contribution in [0, 0.1) is 0 Å². The molecule has 2 aromatic heterocycles. The Hall–Kier alpha value is -2.39. The fourth-order valence-electron chi connectivity index (χ4n) is 3.01. The molecule has 140 valence electrons. The second kappa shape index (κ2) is 8.53. The quantitative estimate of drug-likeness (QED) is 0.614. The number of thiophene rings is 1. The van der Waals surface area contributed by atoms with Gasteiger partial charge < -0.3 is 10.2 Å². The number of tetrazole rings is 1. The van der Waals surface area contributed by atoms with E-state index in [2.05, 4.69) is 37.9 Å². The van der Waals surface area contributed by atoms with Gasteiger partial charge in [-0.15, -0.1) is 16.4 Å². The van der Waals surface area contributed by atoms with Gasteiger partial charge in [-0.2, -0.15) is 0 Å². The van der Waals surface area contributed by atoms with Crippen molar-refractivity contribution in [3.63, 3.8) is 0 Å². The third-order valence-electron chi connectivity index (χ3n) is 4.34. The first-order chi connectivity index (χ1) is 13.3. The van der Waals surface area contributed by atoms with Crippen LogP contribution in [0.2, 0.25) is 0 Å². The van der Waals surface area contributed by atoms with E-state index in [4.69, 9.17) is 0 Å². The van der Waals surface area contributed by atoms with E-state index in [0.29, 0.717) is 11.7 Å². The van der Waals surface area contributed by atoms with Crippen LogP contribution in [0.5, 0.6) is 0 Å². The van der Waals surface area contributed by atoms with Gasteiger partial charge in [0, 0.05) is 29.3 Å². The van der Waals surface area contributed by atoms with E-state index < -0.39 is 0 Å². The van der Waals surface area contributed by atoms with Crippen LogP contribution in [-0.4, -0.2) is 45.0 Å². The van der Waals surface area contributed by atoms with E-state index in [1.54, 1.807) is 16.0 Å². The molecule has 1 fully saturated rings. The molecular formula is C18H20N6OS2. The minimum absolute atomic E-state index is 0.0698. The lowest BCUT2D eigenvalue weighted by atomic mass is 10.2. The van der Waals surface area contributed by atoms with Crippen LogP contribution >= 0.6 is 23.1 Å². The van der Waals surface area contributed by atoms with Gasteiger partial charge in [-0.3, -0.25) is 4.79 Å². The number of nitrogens with zero attached hydrogens (tertiary/aromatic N) is 5. The van der Waals surface area contributed by atoms with Gasteiger partial charge in [0.25, 0.3) is 0 Å². The largest absolute Gasteiger partial charge is 0.372 e. The van der Waals surface area contributed by atoms with Crippen LogP contribution in [0.25, 0.3) is 0 Å². The maximum atomic E-state index is 12.3. The second-order valence-corrected chi connectivity index (χ2v) is 8.25. The minimum atomic E-state index is -0.0698. The molecule has 1 amide bonds. The third kappa shape index (κ3) is 4.67. The summed E-state index contributed by atoms with van der Waals surface area (Å²) in [4.78, 5) is 15.8. The average Bonchev–Trinajstić information content (AvgIpc) is 3.44. The van der Waals surface area contributed by atoms with Gasteiger partial charge in [-0.1, -0.05) is 17.8 Å². The van der Waals surface area contributed by atoms with Gasteiger partial charge in [0.2, 0.25) is 11.1 Å². The van der Waals surface area contributed by atoms with Crippen molar-refractivity contribution in [2.24, 2.45) is 0 Å². The number of carbonyl (C=O) groups is 1. The molecule has 9 heteroatoms. The Kier molecular flexibility index (Phi) is 5.69. The molecule has 0 bridgehead atoms. The summed E-state index contributed by atoms with van der Waals surface area (Å²) in [5.74, 6) is 0.193. The number of carbonyl (C=O) groups excluding carboxylic acids is 1. The number of hydrogen-bond acceptors (Lipinski definition) is 7. The van der Waals surface area contributed by atoms with Crippen LogP contribution in [0.1, 0.15) is 17.7 Å². The Balaban J connectivity index is 1.29. The molecule has 0 saturated carbocycles. The Labute approximate surface area is 165 Å². The number of aromatic nitrogens is 4. The van der Waals surface area contributed by atoms with Crippen LogP contribution < -0.4 is 10.2 Å². The molecule has 1 saturated heterocycles. The lowest BCUT2D eigenvalue weighted by Gasteiger charge is -2.17. The monoisotopic (exact) mass is 400 g/mol. The highest BCUT2D eigenvalue weighted by molar-refractivity contribution is 7.99. The molecule has 7 nitrogen and oxygen atoms in total. The first-order valence-corrected chi connectivity index (χ1v) is 10.7. The molecule has 0 aliphatic carbocycles. The molecule has 0 atom stereocenters. The molecule has 0 radical (unpaired) electrons. The molecular weight excluding hydrogens is 380 g/mol. The van der Waals surface area contributed by atoms with Crippen LogP contribution in [0.4, 0.5) is 11.4 Å². The van der Waals surface area contributed by atoms with E-state index in [9.17, 15) is 4.79 Å². The fraction of sp³-hybridized carbons (Fsp3) is 0.333. The number of nitrogens with one attached hydrogen (secondary N) is 1. The zero-order valence-corrected chi connectivity index (χ0v) is 16.4. The average molecular weight is 401 g/mol. The molecule has 0 unspecified atom stereocenters. The topological polar surface area (TPSA) is 75.9 Å². The van der Waals surface area contributed by atoms with Crippen molar-refractivity contribution >= 4 is 40.4 Å². The van der Waals surface area contributed by atoms with Gasteiger partial charge in [0.1, 0.15) is 0 Å². The fourth-order valence-corrected chi connectivity index (χ4v) is 4.37. The zero-order valence-electron chi connectivity index (χ0n) is 14.7. The molecule has 3 aromatic rings. The number of anilines is 2. The maximum Gasteiger partial charge on any atom is 0.234 e. The Morgan fingerprint density at radius 2 is 2.00 bits per heavy atom. The van der Waals surface area contributed by atoms with Crippen molar-refractivity contribution in [2.45, 2.75) is 24.5 Å². The second-order valence-electron chi connectivity index (χ2n) is 6.28. The van der Waals surface area contributed by atoms with Crippen LogP contribution in [-0.2, 0) is 11.3 Å². The normalized spacial score (nSPS) is 13.9. The molecule has 3 heterocycles. The number of benzene rings is 1. The Morgan fingerprint density at radius 1 is 1.19 bits per heavy atom. The predicted molar refractivity (Wildman–Crippen MR) is 108 cm³/mol. The number of hydrogen-bond donors (Lipinski definition) is 1. The Bertz CT molecular complexity index is 872. The van der Waals surface area contributed by atoms with E-state index in [1.165, 1.54) is 35.2 Å². The third-order valence-corrected chi connectivity index (χ3v) is 6.16. The molecule has 1 N–H and O–H groups in total. The lowest BCUT2D eigenvalue weighted by molar-refractivity contribution is -0.113. The predicted octanol–water partition coefficient (Wildman–Crippen LogP) is 3.11. The van der Waals surface area contributed by atoms with Gasteiger partial charge >= 0.3 is 0 Å². The molecule has 27 heavy (non-hydrogen) atoms. The molecule has 0 spiro atoms. The standard InChI is InChI=1S/C18H20N6OS2/c25-17(19-14-5-7-15(8-6-14)23-9-1-2-10-23)13-27-18-20-21-22-24(18)12-16-4-3-11-26-16/h3-8,11H,1-2,9-10,12-13H2,(H,19,25). The molecule has 1 aromatic carbocycles. The van der Waals surface area contributed by atoms with Crippen molar-refractivity contribution in [2.75, 3.05) is 29.1 Å². The highest BCUT2D eigenvalue weighted by Gasteiger charge is 2.13. The summed E-state index contributed by atoms with van der Waals surface area (Å²) in [6.45, 7) is 2.84. The minimum Gasteiger partial charge on any atom is -0.372 e. The summed E-state index contributed by atoms with van der Waals surface area (Å²) >= 11 is 3.00. The van der Waals surface area contributed by atoms with Crippen molar-refractivity contribution in [3.8, 4) is 0 Å². The van der Waals surface area contributed by atoms with Crippen molar-refractivity contribution in [1.82, 2.24) is 20.2 Å². The van der Waals surface area contributed by atoms with Crippen molar-refractivity contribution in [1.29, 1.82) is 0 Å². The van der Waals surface area contributed by atoms with Gasteiger partial charge in [0.15, 0.2) is 0 Å². The van der Waals surface area contributed by atoms with Crippen LogP contribution in [0.15, 0.2) is 46.9 Å². The summed E-state index contributed by atoms with van der Waals surface area (Å²) in [5.41, 5.74) is 2.02. The van der Waals surface area contributed by atoms with Crippen molar-refractivity contribution in [3.05, 3.63) is 46.7 Å². The first kappa shape index (κ1) is 18.0. The van der Waals surface area contributed by atoms with Gasteiger partial charge in [-0.25, -0.2) is 4.68 Å². The molecule has 4 rings (SSSR count). The SMILES string of the molecule is O=C(CSc1nnnn1Cc1cccs1)Nc1ccc(N2CCCC2)cc1. The van der Waals surface area contributed by atoms with Crippen LogP contribution in [0.3, 0.4) is 0 Å². The maximum absolute atomic E-state index is 12.3. The molecule has 1 aliphatic rings. The number of rotatable bonds is 7. The van der Waals surface area contributed by atoms with Gasteiger partial charge in [0.05, 0.1) is 12.3 Å². The highest BCUT2D eigenvalue weighted by Crippen LogP contribution is 2.22. The highest BCUT2D eigenvalue weighted by atomic mass is 32.2. The summed E-state index contributed by atoms with van der Waals surface area (Å²) in [7, 11) is 0. The summed E-state index contributed by atoms with van der Waals surface area (Å²) in [5, 5.41) is 17.3. The van der Waals surface area contributed by atoms with E-state index in [1.807, 2.05) is 29.6 Å². The van der Waals surface area contributed by atoms with E-state index in [0.717, 1.165) is 18.8 Å². The number of amides is 1. The number of thioether (sulfide) groups is 1. The Morgan fingerprint density at radius 3 is 2.74 bits per heavy atom. The first-order valence-electron chi connectivity index (χ1n) is 8.84. The van der Waals surface area contributed by atoms with Gasteiger partial charge in [-0.05, 0) is 59.0 Å². The zero-order chi connectivity index (χ0) is 18.5. The van der Waals surface area contributed by atoms with E-state index in [-0.39, 0.29) is 11.7 Å². The van der Waals surface area contributed by atoms with Crippen molar-refractivity contribution < 1.29 is 4.79 Å².